The minimum absolute atomic E-state index is 0.256. The molecule has 0 atom stereocenters. The second-order valence-corrected chi connectivity index (χ2v) is 7.37. The van der Waals surface area contributed by atoms with Gasteiger partial charge in [-0.25, -0.2) is 0 Å². The van der Waals surface area contributed by atoms with Gasteiger partial charge in [0.15, 0.2) is 0 Å². The highest BCUT2D eigenvalue weighted by Gasteiger charge is 2.37. The number of rotatable bonds is 5. The van der Waals surface area contributed by atoms with Gasteiger partial charge in [0.1, 0.15) is 5.75 Å². The number of fused-ring (bicyclic) bond motifs is 1. The fourth-order valence-corrected chi connectivity index (χ4v) is 4.12. The number of hydrogen-bond acceptors (Lipinski definition) is 4. The van der Waals surface area contributed by atoms with Crippen molar-refractivity contribution in [3.63, 3.8) is 0 Å². The lowest BCUT2D eigenvalue weighted by atomic mass is 9.73. The van der Waals surface area contributed by atoms with Gasteiger partial charge in [-0.05, 0) is 25.0 Å². The van der Waals surface area contributed by atoms with Gasteiger partial charge in [0, 0.05) is 47.7 Å². The Morgan fingerprint density at radius 2 is 1.86 bits per heavy atom. The topological polar surface area (TPSA) is 80.4 Å². The van der Waals surface area contributed by atoms with E-state index in [0.717, 1.165) is 29.5 Å². The van der Waals surface area contributed by atoms with Crippen molar-refractivity contribution in [1.82, 2.24) is 10.3 Å². The molecular formula is C23H24N2O4. The van der Waals surface area contributed by atoms with Crippen LogP contribution >= 0.6 is 0 Å². The highest BCUT2D eigenvalue weighted by atomic mass is 16.5. The Hall–Kier alpha value is -3.12. The molecule has 2 N–H and O–H groups in total. The number of carbonyl (C=O) groups is 1. The number of benzene rings is 2. The van der Waals surface area contributed by atoms with Gasteiger partial charge in [0.05, 0.1) is 12.7 Å². The van der Waals surface area contributed by atoms with Crippen LogP contribution in [-0.4, -0.2) is 37.8 Å². The lowest BCUT2D eigenvalue weighted by molar-refractivity contribution is 0.0479. The van der Waals surface area contributed by atoms with Crippen LogP contribution in [0.1, 0.15) is 28.8 Å². The van der Waals surface area contributed by atoms with E-state index in [1.807, 2.05) is 36.4 Å². The third kappa shape index (κ3) is 3.76. The minimum Gasteiger partial charge on any atom is -0.496 e. The highest BCUT2D eigenvalue weighted by Crippen LogP contribution is 2.39. The normalized spacial score (nSPS) is 15.8. The molecule has 1 aliphatic rings. The van der Waals surface area contributed by atoms with Crippen LogP contribution in [0.15, 0.2) is 59.4 Å². The number of aromatic amines is 1. The van der Waals surface area contributed by atoms with Crippen molar-refractivity contribution in [1.29, 1.82) is 0 Å². The maximum absolute atomic E-state index is 13.1. The maximum atomic E-state index is 13.1. The molecule has 0 spiro atoms. The molecule has 6 heteroatoms. The molecule has 1 aromatic heterocycles. The fraction of sp³-hybridized carbons (Fsp3) is 0.304. The zero-order valence-corrected chi connectivity index (χ0v) is 16.4. The van der Waals surface area contributed by atoms with Crippen molar-refractivity contribution in [2.45, 2.75) is 18.3 Å². The summed E-state index contributed by atoms with van der Waals surface area (Å²) in [6, 6.07) is 16.6. The van der Waals surface area contributed by atoms with Crippen molar-refractivity contribution in [2.24, 2.45) is 0 Å². The molecular weight excluding hydrogens is 368 g/mol. The fourth-order valence-electron chi connectivity index (χ4n) is 4.12. The predicted molar refractivity (Wildman–Crippen MR) is 112 cm³/mol. The van der Waals surface area contributed by atoms with Gasteiger partial charge in [0.2, 0.25) is 5.56 Å². The van der Waals surface area contributed by atoms with Crippen LogP contribution in [0.2, 0.25) is 0 Å². The standard InChI is InChI=1S/C23H24N2O4/c1-28-20-9-5-3-7-18(20)23(10-12-29-13-11-23)15-24-22(27)17-14-21(26)25-19-8-4-2-6-16(17)19/h2-9,14H,10-13,15H2,1H3,(H,24,27)(H,25,26). The van der Waals surface area contributed by atoms with Crippen LogP contribution in [0.5, 0.6) is 5.75 Å². The lowest BCUT2D eigenvalue weighted by Crippen LogP contribution is -2.45. The van der Waals surface area contributed by atoms with Gasteiger partial charge >= 0.3 is 0 Å². The Bertz CT molecular complexity index is 1080. The minimum atomic E-state index is -0.292. The molecule has 0 aliphatic carbocycles. The number of nitrogens with one attached hydrogen (secondary N) is 2. The quantitative estimate of drug-likeness (QED) is 0.700. The Balaban J connectivity index is 1.65. The molecule has 3 aromatic rings. The molecule has 4 rings (SSSR count). The van der Waals surface area contributed by atoms with E-state index in [1.165, 1.54) is 6.07 Å². The van der Waals surface area contributed by atoms with E-state index in [4.69, 9.17) is 9.47 Å². The zero-order chi connectivity index (χ0) is 20.3. The van der Waals surface area contributed by atoms with Gasteiger partial charge in [-0.2, -0.15) is 0 Å². The van der Waals surface area contributed by atoms with Gasteiger partial charge in [-0.3, -0.25) is 9.59 Å². The van der Waals surface area contributed by atoms with Crippen molar-refractivity contribution in [3.8, 4) is 5.75 Å². The summed E-state index contributed by atoms with van der Waals surface area (Å²) in [5, 5.41) is 3.80. The molecule has 0 saturated carbocycles. The van der Waals surface area contributed by atoms with Crippen molar-refractivity contribution < 1.29 is 14.3 Å². The van der Waals surface area contributed by atoms with Gasteiger partial charge < -0.3 is 19.8 Å². The average Bonchev–Trinajstić information content (AvgIpc) is 2.77. The SMILES string of the molecule is COc1ccccc1C1(CNC(=O)c2cc(=O)[nH]c3ccccc23)CCOCC1. The highest BCUT2D eigenvalue weighted by molar-refractivity contribution is 6.05. The molecule has 6 nitrogen and oxygen atoms in total. The first-order valence-corrected chi connectivity index (χ1v) is 9.74. The smallest absolute Gasteiger partial charge is 0.252 e. The molecule has 29 heavy (non-hydrogen) atoms. The first-order valence-electron chi connectivity index (χ1n) is 9.74. The van der Waals surface area contributed by atoms with E-state index < -0.39 is 0 Å². The Morgan fingerprint density at radius 1 is 1.14 bits per heavy atom. The Kier molecular flexibility index (Phi) is 5.36. The zero-order valence-electron chi connectivity index (χ0n) is 16.4. The summed E-state index contributed by atoms with van der Waals surface area (Å²) in [4.78, 5) is 27.8. The molecule has 1 fully saturated rings. The molecule has 150 valence electrons. The molecule has 0 bridgehead atoms. The lowest BCUT2D eigenvalue weighted by Gasteiger charge is -2.38. The third-order valence-electron chi connectivity index (χ3n) is 5.71. The number of ether oxygens (including phenoxy) is 2. The molecule has 1 saturated heterocycles. The predicted octanol–water partition coefficient (Wildman–Crippen LogP) is 3.01. The average molecular weight is 392 g/mol. The number of methoxy groups -OCH3 is 1. The molecule has 1 aliphatic heterocycles. The van der Waals surface area contributed by atoms with E-state index in [9.17, 15) is 9.59 Å². The van der Waals surface area contributed by atoms with Gasteiger partial charge in [-0.1, -0.05) is 36.4 Å². The van der Waals surface area contributed by atoms with E-state index in [-0.39, 0.29) is 16.9 Å². The molecule has 0 radical (unpaired) electrons. The number of H-pyrrole nitrogens is 1. The maximum Gasteiger partial charge on any atom is 0.252 e. The summed E-state index contributed by atoms with van der Waals surface area (Å²) < 4.78 is 11.2. The Morgan fingerprint density at radius 3 is 2.66 bits per heavy atom. The summed E-state index contributed by atoms with van der Waals surface area (Å²) >= 11 is 0. The van der Waals surface area contributed by atoms with Crippen molar-refractivity contribution >= 4 is 16.8 Å². The number of pyridine rings is 1. The van der Waals surface area contributed by atoms with Crippen molar-refractivity contribution in [2.75, 3.05) is 26.9 Å². The second kappa shape index (κ2) is 8.09. The molecule has 2 aromatic carbocycles. The molecule has 0 unspecified atom stereocenters. The molecule has 2 heterocycles. The van der Waals surface area contributed by atoms with Crippen LogP contribution in [0.3, 0.4) is 0 Å². The van der Waals surface area contributed by atoms with E-state index in [2.05, 4.69) is 16.4 Å². The van der Waals surface area contributed by atoms with Crippen LogP contribution in [-0.2, 0) is 10.2 Å². The van der Waals surface area contributed by atoms with E-state index in [1.54, 1.807) is 13.2 Å². The molecule has 1 amide bonds. The number of carbonyl (C=O) groups excluding carboxylic acids is 1. The van der Waals surface area contributed by atoms with Gasteiger partial charge in [-0.15, -0.1) is 0 Å². The van der Waals surface area contributed by atoms with Crippen molar-refractivity contribution in [3.05, 3.63) is 76.1 Å². The second-order valence-electron chi connectivity index (χ2n) is 7.37. The summed E-state index contributed by atoms with van der Waals surface area (Å²) in [6.07, 6.45) is 1.56. The van der Waals surface area contributed by atoms with Crippen LogP contribution in [0, 0.1) is 0 Å². The largest absolute Gasteiger partial charge is 0.496 e. The van der Waals surface area contributed by atoms with E-state index >= 15 is 0 Å². The van der Waals surface area contributed by atoms with Crippen LogP contribution in [0.4, 0.5) is 0 Å². The van der Waals surface area contributed by atoms with Gasteiger partial charge in [0.25, 0.3) is 5.91 Å². The summed E-state index contributed by atoms with van der Waals surface area (Å²) in [6.45, 7) is 1.69. The van der Waals surface area contributed by atoms with Crippen LogP contribution < -0.4 is 15.6 Å². The number of amides is 1. The first-order chi connectivity index (χ1) is 14.1. The Labute approximate surface area is 168 Å². The monoisotopic (exact) mass is 392 g/mol. The summed E-state index contributed by atoms with van der Waals surface area (Å²) in [5.41, 5.74) is 1.53. The first kappa shape index (κ1) is 19.2. The number of para-hydroxylation sites is 2. The van der Waals surface area contributed by atoms with Crippen LogP contribution in [0.25, 0.3) is 10.9 Å². The summed E-state index contributed by atoms with van der Waals surface area (Å²) in [5.74, 6) is 0.554. The number of hydrogen-bond donors (Lipinski definition) is 2. The number of aromatic nitrogens is 1. The summed E-state index contributed by atoms with van der Waals surface area (Å²) in [7, 11) is 1.66. The third-order valence-corrected chi connectivity index (χ3v) is 5.71. The van der Waals surface area contributed by atoms with E-state index in [0.29, 0.717) is 30.8 Å².